The maximum atomic E-state index is 14.0. The van der Waals surface area contributed by atoms with Crippen LogP contribution in [0.2, 0.25) is 0 Å². The molecule has 0 saturated carbocycles. The number of likely N-dealkylation sites (tertiary alicyclic amines) is 2. The molecule has 52 heavy (non-hydrogen) atoms. The maximum Gasteiger partial charge on any atom is 0.254 e. The molecule has 5 aromatic rings. The van der Waals surface area contributed by atoms with Crippen molar-refractivity contribution in [2.75, 3.05) is 66.5 Å². The van der Waals surface area contributed by atoms with E-state index in [0.29, 0.717) is 48.5 Å². The minimum absolute atomic E-state index is 0.0457. The number of amides is 1. The van der Waals surface area contributed by atoms with Crippen LogP contribution in [-0.4, -0.2) is 97.4 Å². The summed E-state index contributed by atoms with van der Waals surface area (Å²) in [5.41, 5.74) is 4.65. The van der Waals surface area contributed by atoms with E-state index in [2.05, 4.69) is 56.2 Å². The number of carbonyl (C=O) groups is 1. The van der Waals surface area contributed by atoms with Gasteiger partial charge in [0.1, 0.15) is 5.75 Å². The van der Waals surface area contributed by atoms with E-state index < -0.39 is 0 Å². The van der Waals surface area contributed by atoms with Crippen molar-refractivity contribution in [1.29, 1.82) is 0 Å². The standard InChI is InChI=1S/C41H48N6O5/c1-49-33-14-12-30(13-15-33)41(19-24-46(28-41)39(48)29-25-36(50-2)38(52-4)37(26-29)51-3)18-23-45-21-16-31(17-22-45)43-40-44-34-10-5-6-11-35(34)47(40)27-32-9-7-8-20-42-32/h5-15,20,25-26,31H,16-19,21-24,27-28H2,1-4H3,(H,43,44). The Balaban J connectivity index is 1.03. The topological polar surface area (TPSA) is 103 Å². The molecule has 11 heteroatoms. The van der Waals surface area contributed by atoms with Gasteiger partial charge in [0.05, 0.1) is 51.7 Å². The number of para-hydroxylation sites is 2. The number of carbonyl (C=O) groups excluding carboxylic acids is 1. The third kappa shape index (κ3) is 7.23. The molecular formula is C41H48N6O5. The number of pyridine rings is 1. The number of anilines is 1. The highest BCUT2D eigenvalue weighted by atomic mass is 16.5. The zero-order valence-electron chi connectivity index (χ0n) is 30.5. The Morgan fingerprint density at radius 3 is 2.27 bits per heavy atom. The molecule has 0 spiro atoms. The Labute approximate surface area is 305 Å². The number of nitrogens with one attached hydrogen (secondary N) is 1. The summed E-state index contributed by atoms with van der Waals surface area (Å²) < 4.78 is 24.3. The molecule has 2 fully saturated rings. The van der Waals surface area contributed by atoms with Gasteiger partial charge in [-0.1, -0.05) is 30.3 Å². The quantitative estimate of drug-likeness (QED) is 0.152. The van der Waals surface area contributed by atoms with Gasteiger partial charge in [0.25, 0.3) is 5.91 Å². The molecule has 2 aliphatic heterocycles. The van der Waals surface area contributed by atoms with Crippen molar-refractivity contribution in [3.05, 3.63) is 102 Å². The molecule has 1 atom stereocenters. The Kier molecular flexibility index (Phi) is 10.5. The summed E-state index contributed by atoms with van der Waals surface area (Å²) in [7, 11) is 6.38. The van der Waals surface area contributed by atoms with Gasteiger partial charge in [-0.15, -0.1) is 0 Å². The number of nitrogens with zero attached hydrogens (tertiary/aromatic N) is 5. The normalized spacial score (nSPS) is 18.0. The number of benzene rings is 3. The van der Waals surface area contributed by atoms with E-state index in [0.717, 1.165) is 73.7 Å². The lowest BCUT2D eigenvalue weighted by molar-refractivity contribution is 0.0779. The van der Waals surface area contributed by atoms with E-state index in [9.17, 15) is 4.79 Å². The van der Waals surface area contributed by atoms with Gasteiger partial charge in [-0.3, -0.25) is 9.78 Å². The van der Waals surface area contributed by atoms with Crippen molar-refractivity contribution in [2.24, 2.45) is 0 Å². The molecule has 272 valence electrons. The van der Waals surface area contributed by atoms with Crippen molar-refractivity contribution in [2.45, 2.75) is 43.7 Å². The predicted molar refractivity (Wildman–Crippen MR) is 202 cm³/mol. The van der Waals surface area contributed by atoms with Crippen molar-refractivity contribution >= 4 is 22.9 Å². The highest BCUT2D eigenvalue weighted by Crippen LogP contribution is 2.42. The third-order valence-corrected chi connectivity index (χ3v) is 10.8. The molecule has 7 rings (SSSR count). The second kappa shape index (κ2) is 15.5. The number of hydrogen-bond acceptors (Lipinski definition) is 9. The molecule has 0 bridgehead atoms. The molecule has 4 heterocycles. The van der Waals surface area contributed by atoms with E-state index in [4.69, 9.17) is 23.9 Å². The summed E-state index contributed by atoms with van der Waals surface area (Å²) in [5, 5.41) is 3.79. The molecule has 2 saturated heterocycles. The first-order valence-electron chi connectivity index (χ1n) is 18.0. The lowest BCUT2D eigenvalue weighted by Crippen LogP contribution is -2.42. The molecule has 0 aliphatic carbocycles. The minimum Gasteiger partial charge on any atom is -0.497 e. The maximum absolute atomic E-state index is 14.0. The Bertz CT molecular complexity index is 1950. The lowest BCUT2D eigenvalue weighted by atomic mass is 9.76. The van der Waals surface area contributed by atoms with Gasteiger partial charge in [-0.25, -0.2) is 4.98 Å². The number of hydrogen-bond donors (Lipinski definition) is 1. The van der Waals surface area contributed by atoms with E-state index >= 15 is 0 Å². The van der Waals surface area contributed by atoms with Gasteiger partial charge in [0.15, 0.2) is 11.5 Å². The molecule has 1 unspecified atom stereocenters. The molecular weight excluding hydrogens is 656 g/mol. The highest BCUT2D eigenvalue weighted by molar-refractivity contribution is 5.96. The van der Waals surface area contributed by atoms with Gasteiger partial charge in [-0.05, 0) is 86.3 Å². The zero-order valence-corrected chi connectivity index (χ0v) is 30.5. The van der Waals surface area contributed by atoms with Crippen LogP contribution >= 0.6 is 0 Å². The summed E-state index contributed by atoms with van der Waals surface area (Å²) in [5.74, 6) is 3.08. The summed E-state index contributed by atoms with van der Waals surface area (Å²) in [6.45, 7) is 4.88. The van der Waals surface area contributed by atoms with E-state index in [1.807, 2.05) is 41.4 Å². The van der Waals surface area contributed by atoms with Crippen LogP contribution in [-0.2, 0) is 12.0 Å². The fraction of sp³-hybridized carbons (Fsp3) is 0.390. The van der Waals surface area contributed by atoms with Gasteiger partial charge >= 0.3 is 0 Å². The van der Waals surface area contributed by atoms with Crippen LogP contribution in [0, 0.1) is 0 Å². The Morgan fingerprint density at radius 2 is 1.60 bits per heavy atom. The Morgan fingerprint density at radius 1 is 0.865 bits per heavy atom. The number of imidazole rings is 1. The number of methoxy groups -OCH3 is 4. The monoisotopic (exact) mass is 704 g/mol. The zero-order chi connectivity index (χ0) is 36.1. The van der Waals surface area contributed by atoms with E-state index in [1.165, 1.54) is 5.56 Å². The van der Waals surface area contributed by atoms with Crippen LogP contribution < -0.4 is 24.3 Å². The molecule has 11 nitrogen and oxygen atoms in total. The predicted octanol–water partition coefficient (Wildman–Crippen LogP) is 6.26. The number of aromatic nitrogens is 3. The lowest BCUT2D eigenvalue weighted by Gasteiger charge is -2.36. The molecule has 3 aromatic carbocycles. The fourth-order valence-corrected chi connectivity index (χ4v) is 7.82. The van der Waals surface area contributed by atoms with Gasteiger partial charge < -0.3 is 38.6 Å². The van der Waals surface area contributed by atoms with Crippen LogP contribution in [0.5, 0.6) is 23.0 Å². The summed E-state index contributed by atoms with van der Waals surface area (Å²) in [6.07, 6.45) is 5.70. The van der Waals surface area contributed by atoms with Crippen molar-refractivity contribution < 1.29 is 23.7 Å². The second-order valence-electron chi connectivity index (χ2n) is 13.7. The number of ether oxygens (including phenoxy) is 4. The largest absolute Gasteiger partial charge is 0.497 e. The first-order chi connectivity index (χ1) is 25.4. The first kappa shape index (κ1) is 35.1. The average Bonchev–Trinajstić information content (AvgIpc) is 3.79. The fourth-order valence-electron chi connectivity index (χ4n) is 7.82. The number of piperidine rings is 1. The first-order valence-corrected chi connectivity index (χ1v) is 18.0. The van der Waals surface area contributed by atoms with E-state index in [1.54, 1.807) is 40.6 Å². The van der Waals surface area contributed by atoms with Crippen LogP contribution in [0.15, 0.2) is 85.1 Å². The van der Waals surface area contributed by atoms with Gasteiger partial charge in [0.2, 0.25) is 11.7 Å². The number of rotatable bonds is 13. The van der Waals surface area contributed by atoms with Crippen molar-refractivity contribution in [3.63, 3.8) is 0 Å². The van der Waals surface area contributed by atoms with Crippen molar-refractivity contribution in [3.8, 4) is 23.0 Å². The molecule has 1 N–H and O–H groups in total. The van der Waals surface area contributed by atoms with Gasteiger partial charge in [0, 0.05) is 49.4 Å². The highest BCUT2D eigenvalue weighted by Gasteiger charge is 2.42. The molecule has 1 amide bonds. The third-order valence-electron chi connectivity index (χ3n) is 10.8. The van der Waals surface area contributed by atoms with Crippen LogP contribution in [0.1, 0.15) is 47.3 Å². The minimum atomic E-state index is -0.187. The van der Waals surface area contributed by atoms with Gasteiger partial charge in [-0.2, -0.15) is 0 Å². The van der Waals surface area contributed by atoms with Crippen LogP contribution in [0.4, 0.5) is 5.95 Å². The summed E-state index contributed by atoms with van der Waals surface area (Å²) in [6, 6.07) is 26.5. The smallest absolute Gasteiger partial charge is 0.254 e. The molecule has 2 aromatic heterocycles. The second-order valence-corrected chi connectivity index (χ2v) is 13.7. The summed E-state index contributed by atoms with van der Waals surface area (Å²) >= 11 is 0. The van der Waals surface area contributed by atoms with Crippen molar-refractivity contribution in [1.82, 2.24) is 24.3 Å². The molecule has 2 aliphatic rings. The average molecular weight is 705 g/mol. The van der Waals surface area contributed by atoms with E-state index in [-0.39, 0.29) is 11.3 Å². The number of fused-ring (bicyclic) bond motifs is 1. The summed E-state index contributed by atoms with van der Waals surface area (Å²) in [4.78, 5) is 28.1. The van der Waals surface area contributed by atoms with Crippen LogP contribution in [0.25, 0.3) is 11.0 Å². The Hall–Kier alpha value is -5.29. The van der Waals surface area contributed by atoms with Crippen LogP contribution in [0.3, 0.4) is 0 Å². The SMILES string of the molecule is COc1ccc(C2(CCN3CCC(Nc4nc5ccccc5n4Cc4ccccn4)CC3)CCN(C(=O)c3cc(OC)c(OC)c(OC)c3)C2)cc1. The molecule has 0 radical (unpaired) electrons.